The van der Waals surface area contributed by atoms with Gasteiger partial charge >= 0.3 is 0 Å². The first kappa shape index (κ1) is 23.8. The Morgan fingerprint density at radius 1 is 1.09 bits per heavy atom. The summed E-state index contributed by atoms with van der Waals surface area (Å²) >= 11 is 1.22. The number of carbonyl (C=O) groups is 1. The smallest absolute Gasteiger partial charge is 0.250 e. The van der Waals surface area contributed by atoms with Gasteiger partial charge in [0.15, 0.2) is 11.0 Å². The molecule has 4 aromatic rings. The van der Waals surface area contributed by atoms with Crippen molar-refractivity contribution in [1.82, 2.24) is 20.2 Å². The van der Waals surface area contributed by atoms with Crippen molar-refractivity contribution in [3.63, 3.8) is 0 Å². The average Bonchev–Trinajstić information content (AvgIpc) is 3.28. The predicted molar refractivity (Wildman–Crippen MR) is 134 cm³/mol. The topological polar surface area (TPSA) is 122 Å². The van der Waals surface area contributed by atoms with Crippen LogP contribution in [0.4, 0.5) is 0 Å². The number of methoxy groups -OCH3 is 1. The van der Waals surface area contributed by atoms with E-state index in [-0.39, 0.29) is 23.2 Å². The summed E-state index contributed by atoms with van der Waals surface area (Å²) in [5.74, 6) is 0.857. The summed E-state index contributed by atoms with van der Waals surface area (Å²) in [4.78, 5) is 12.4. The van der Waals surface area contributed by atoms with Crippen LogP contribution in [0.2, 0.25) is 0 Å². The lowest BCUT2D eigenvalue weighted by molar-refractivity contribution is -0.118. The van der Waals surface area contributed by atoms with E-state index in [0.717, 1.165) is 22.6 Å². The minimum Gasteiger partial charge on any atom is -0.508 e. The third-order valence-electron chi connectivity index (χ3n) is 5.01. The van der Waals surface area contributed by atoms with Gasteiger partial charge in [0.1, 0.15) is 17.2 Å². The van der Waals surface area contributed by atoms with Crippen molar-refractivity contribution in [1.29, 1.82) is 0 Å². The van der Waals surface area contributed by atoms with Gasteiger partial charge in [0.2, 0.25) is 0 Å². The van der Waals surface area contributed by atoms with Gasteiger partial charge in [-0.2, -0.15) is 5.10 Å². The van der Waals surface area contributed by atoms with Crippen molar-refractivity contribution in [2.45, 2.75) is 12.1 Å². The summed E-state index contributed by atoms with van der Waals surface area (Å²) in [5.41, 5.74) is 5.64. The van der Waals surface area contributed by atoms with Gasteiger partial charge in [0.25, 0.3) is 5.91 Å². The molecule has 0 saturated heterocycles. The van der Waals surface area contributed by atoms with Gasteiger partial charge in [-0.1, -0.05) is 41.6 Å². The van der Waals surface area contributed by atoms with E-state index in [1.807, 2.05) is 60.0 Å². The lowest BCUT2D eigenvalue weighted by atomic mass is 10.1. The normalized spacial score (nSPS) is 11.0. The molecule has 9 nitrogen and oxygen atoms in total. The molecule has 0 radical (unpaired) electrons. The largest absolute Gasteiger partial charge is 0.508 e. The summed E-state index contributed by atoms with van der Waals surface area (Å²) in [6.07, 6.45) is 1.30. The molecule has 0 aliphatic rings. The number of benzene rings is 3. The number of thioether (sulfide) groups is 1. The highest BCUT2D eigenvalue weighted by atomic mass is 32.2. The Bertz CT molecular complexity index is 1350. The first-order chi connectivity index (χ1) is 16.9. The highest BCUT2D eigenvalue weighted by Gasteiger charge is 2.17. The van der Waals surface area contributed by atoms with Crippen LogP contribution >= 0.6 is 11.8 Å². The van der Waals surface area contributed by atoms with Crippen LogP contribution < -0.4 is 10.2 Å². The lowest BCUT2D eigenvalue weighted by Crippen LogP contribution is -2.20. The Labute approximate surface area is 206 Å². The monoisotopic (exact) mass is 489 g/mol. The molecule has 3 aromatic carbocycles. The van der Waals surface area contributed by atoms with Crippen molar-refractivity contribution in [3.05, 3.63) is 77.9 Å². The van der Waals surface area contributed by atoms with E-state index in [0.29, 0.717) is 16.5 Å². The number of hydrogen-bond acceptors (Lipinski definition) is 8. The second-order valence-electron chi connectivity index (χ2n) is 7.53. The average molecular weight is 490 g/mol. The number of rotatable bonds is 8. The van der Waals surface area contributed by atoms with Gasteiger partial charge in [0.05, 0.1) is 19.1 Å². The summed E-state index contributed by atoms with van der Waals surface area (Å²) in [6.45, 7) is 2.02. The predicted octanol–water partition coefficient (Wildman–Crippen LogP) is 3.90. The van der Waals surface area contributed by atoms with Crippen molar-refractivity contribution < 1.29 is 19.7 Å². The minimum atomic E-state index is -0.356. The fourth-order valence-electron chi connectivity index (χ4n) is 3.19. The van der Waals surface area contributed by atoms with E-state index in [4.69, 9.17) is 4.74 Å². The maximum Gasteiger partial charge on any atom is 0.250 e. The zero-order valence-corrected chi connectivity index (χ0v) is 19.9. The number of phenolic OH excluding ortho intramolecular Hbond substituents is 2. The molecule has 0 spiro atoms. The molecular weight excluding hydrogens is 466 g/mol. The number of nitrogens with one attached hydrogen (secondary N) is 1. The standard InChI is InChI=1S/C25H23N5O4S/c1-16-3-5-17(6-4-16)24-28-29-25(30(24)19-8-11-21(34-2)12-9-19)35-15-23(33)27-26-14-18-7-10-20(31)13-22(18)32/h3-14,31-32H,15H2,1-2H3,(H,27,33). The van der Waals surface area contributed by atoms with Crippen LogP contribution in [0, 0.1) is 6.92 Å². The van der Waals surface area contributed by atoms with Gasteiger partial charge < -0.3 is 14.9 Å². The third-order valence-corrected chi connectivity index (χ3v) is 5.94. The molecule has 1 amide bonds. The molecule has 0 saturated carbocycles. The van der Waals surface area contributed by atoms with Crippen LogP contribution in [0.25, 0.3) is 17.1 Å². The molecule has 0 aliphatic heterocycles. The van der Waals surface area contributed by atoms with Crippen LogP contribution in [-0.4, -0.2) is 50.0 Å². The van der Waals surface area contributed by atoms with Crippen molar-refractivity contribution in [3.8, 4) is 34.3 Å². The molecule has 0 bridgehead atoms. The van der Waals surface area contributed by atoms with Crippen LogP contribution in [0.15, 0.2) is 77.0 Å². The number of ether oxygens (including phenoxy) is 1. The second kappa shape index (κ2) is 10.7. The lowest BCUT2D eigenvalue weighted by Gasteiger charge is -2.11. The Morgan fingerprint density at radius 2 is 1.83 bits per heavy atom. The number of carbonyl (C=O) groups excluding carboxylic acids is 1. The number of aromatic hydroxyl groups is 2. The minimum absolute atomic E-state index is 0.0427. The van der Waals surface area contributed by atoms with Gasteiger partial charge in [-0.15, -0.1) is 10.2 Å². The molecule has 0 atom stereocenters. The molecule has 4 rings (SSSR count). The van der Waals surface area contributed by atoms with Crippen molar-refractivity contribution >= 4 is 23.9 Å². The fraction of sp³-hybridized carbons (Fsp3) is 0.120. The Morgan fingerprint density at radius 3 is 2.51 bits per heavy atom. The number of aryl methyl sites for hydroxylation is 1. The number of hydrogen-bond donors (Lipinski definition) is 3. The van der Waals surface area contributed by atoms with Crippen LogP contribution in [0.3, 0.4) is 0 Å². The Kier molecular flexibility index (Phi) is 7.32. The van der Waals surface area contributed by atoms with E-state index in [2.05, 4.69) is 20.7 Å². The second-order valence-corrected chi connectivity index (χ2v) is 8.47. The van der Waals surface area contributed by atoms with Gasteiger partial charge in [-0.25, -0.2) is 5.43 Å². The molecule has 10 heteroatoms. The van der Waals surface area contributed by atoms with E-state index >= 15 is 0 Å². The molecular formula is C25H23N5O4S. The van der Waals surface area contributed by atoms with E-state index in [1.165, 1.54) is 36.2 Å². The number of nitrogens with zero attached hydrogens (tertiary/aromatic N) is 4. The molecule has 1 heterocycles. The molecule has 0 unspecified atom stereocenters. The zero-order chi connectivity index (χ0) is 24.8. The molecule has 3 N–H and O–H groups in total. The van der Waals surface area contributed by atoms with Crippen LogP contribution in [0.1, 0.15) is 11.1 Å². The van der Waals surface area contributed by atoms with Crippen molar-refractivity contribution in [2.24, 2.45) is 5.10 Å². The summed E-state index contributed by atoms with van der Waals surface area (Å²) in [5, 5.41) is 32.3. The van der Waals surface area contributed by atoms with E-state index in [9.17, 15) is 15.0 Å². The first-order valence-electron chi connectivity index (χ1n) is 10.6. The maximum absolute atomic E-state index is 12.4. The highest BCUT2D eigenvalue weighted by molar-refractivity contribution is 7.99. The van der Waals surface area contributed by atoms with Crippen LogP contribution in [-0.2, 0) is 4.79 Å². The van der Waals surface area contributed by atoms with E-state index < -0.39 is 0 Å². The molecule has 35 heavy (non-hydrogen) atoms. The Balaban J connectivity index is 1.52. The number of phenols is 2. The van der Waals surface area contributed by atoms with Gasteiger partial charge in [0, 0.05) is 22.9 Å². The van der Waals surface area contributed by atoms with Crippen molar-refractivity contribution in [2.75, 3.05) is 12.9 Å². The first-order valence-corrected chi connectivity index (χ1v) is 11.6. The quantitative estimate of drug-likeness (QED) is 0.195. The highest BCUT2D eigenvalue weighted by Crippen LogP contribution is 2.29. The molecule has 1 aromatic heterocycles. The van der Waals surface area contributed by atoms with Crippen LogP contribution in [0.5, 0.6) is 17.2 Å². The third kappa shape index (κ3) is 5.79. The molecule has 0 fully saturated rings. The number of aromatic nitrogens is 3. The summed E-state index contributed by atoms with van der Waals surface area (Å²) in [7, 11) is 1.61. The number of hydrazone groups is 1. The zero-order valence-electron chi connectivity index (χ0n) is 19.0. The summed E-state index contributed by atoms with van der Waals surface area (Å²) in [6, 6.07) is 19.6. The molecule has 178 valence electrons. The Hall–Kier alpha value is -4.31. The van der Waals surface area contributed by atoms with E-state index in [1.54, 1.807) is 7.11 Å². The fourth-order valence-corrected chi connectivity index (χ4v) is 3.94. The molecule has 0 aliphatic carbocycles. The SMILES string of the molecule is COc1ccc(-n2c(SCC(=O)NN=Cc3ccc(O)cc3O)nnc2-c2ccc(C)cc2)cc1. The van der Waals surface area contributed by atoms with Gasteiger partial charge in [-0.05, 0) is 43.3 Å². The number of amides is 1. The summed E-state index contributed by atoms with van der Waals surface area (Å²) < 4.78 is 7.16. The van der Waals surface area contributed by atoms with Gasteiger partial charge in [-0.3, -0.25) is 9.36 Å². The maximum atomic E-state index is 12.4.